The fourth-order valence-corrected chi connectivity index (χ4v) is 4.86. The van der Waals surface area contributed by atoms with Gasteiger partial charge in [0.2, 0.25) is 5.89 Å². The molecular formula is C25H31N5O3S. The van der Waals surface area contributed by atoms with Crippen LogP contribution in [0.1, 0.15) is 33.9 Å². The van der Waals surface area contributed by atoms with Crippen LogP contribution < -0.4 is 5.32 Å². The molecule has 1 aliphatic rings. The molecule has 8 nitrogen and oxygen atoms in total. The van der Waals surface area contributed by atoms with Crippen molar-refractivity contribution in [1.82, 2.24) is 25.5 Å². The molecule has 1 saturated heterocycles. The SMILES string of the molecule is Cc1ncc(-c2ccc(S(O)(O)C(C)C)cc2)nc1-c1nnc(-c2cccc(C3CNC3)c2)o1.[HH].[HH]. The van der Waals surface area contributed by atoms with E-state index in [0.29, 0.717) is 39.7 Å². The summed E-state index contributed by atoms with van der Waals surface area (Å²) in [5.41, 5.74) is 4.77. The fraction of sp³-hybridized carbons (Fsp3) is 0.280. The highest BCUT2D eigenvalue weighted by Crippen LogP contribution is 2.52. The Balaban J connectivity index is 0.00000180. The minimum Gasteiger partial charge on any atom is -0.415 e. The molecular weight excluding hydrogens is 450 g/mol. The molecule has 0 atom stereocenters. The number of aryl methyl sites for hydroxylation is 1. The van der Waals surface area contributed by atoms with Crippen molar-refractivity contribution in [2.45, 2.75) is 36.8 Å². The molecule has 0 unspecified atom stereocenters. The first-order chi connectivity index (χ1) is 16.3. The molecule has 1 aliphatic heterocycles. The van der Waals surface area contributed by atoms with E-state index in [-0.39, 0.29) is 8.10 Å². The third-order valence-electron chi connectivity index (χ3n) is 6.12. The van der Waals surface area contributed by atoms with E-state index >= 15 is 0 Å². The summed E-state index contributed by atoms with van der Waals surface area (Å²) >= 11 is 0. The average Bonchev–Trinajstić information content (AvgIpc) is 3.29. The maximum atomic E-state index is 10.4. The van der Waals surface area contributed by atoms with Crippen molar-refractivity contribution in [3.8, 4) is 34.3 Å². The van der Waals surface area contributed by atoms with Gasteiger partial charge in [-0.3, -0.25) is 14.1 Å². The van der Waals surface area contributed by atoms with Crippen molar-refractivity contribution in [2.24, 2.45) is 0 Å². The monoisotopic (exact) mass is 481 g/mol. The largest absolute Gasteiger partial charge is 0.415 e. The Hall–Kier alpha value is -3.11. The number of nitrogens with one attached hydrogen (secondary N) is 1. The molecule has 0 aliphatic carbocycles. The number of aromatic nitrogens is 4. The first-order valence-electron chi connectivity index (χ1n) is 11.2. The average molecular weight is 482 g/mol. The summed E-state index contributed by atoms with van der Waals surface area (Å²) < 4.78 is 26.8. The molecule has 0 saturated carbocycles. The van der Waals surface area contributed by atoms with Crippen molar-refractivity contribution in [1.29, 1.82) is 0 Å². The molecule has 0 radical (unpaired) electrons. The van der Waals surface area contributed by atoms with E-state index in [0.717, 1.165) is 24.2 Å². The third-order valence-corrected chi connectivity index (χ3v) is 8.40. The van der Waals surface area contributed by atoms with Gasteiger partial charge in [-0.05, 0) is 50.6 Å². The lowest BCUT2D eigenvalue weighted by Gasteiger charge is -2.36. The van der Waals surface area contributed by atoms with Crippen molar-refractivity contribution >= 4 is 10.6 Å². The fourth-order valence-electron chi connectivity index (χ4n) is 3.77. The summed E-state index contributed by atoms with van der Waals surface area (Å²) in [5.74, 6) is 1.27. The normalized spacial score (nSPS) is 14.9. The lowest BCUT2D eigenvalue weighted by Crippen LogP contribution is -2.39. The van der Waals surface area contributed by atoms with Crippen LogP contribution in [0.2, 0.25) is 0 Å². The summed E-state index contributed by atoms with van der Waals surface area (Å²) in [5, 5.41) is 11.5. The summed E-state index contributed by atoms with van der Waals surface area (Å²) in [4.78, 5) is 9.72. The van der Waals surface area contributed by atoms with E-state index in [9.17, 15) is 9.11 Å². The van der Waals surface area contributed by atoms with Crippen LogP contribution in [0.3, 0.4) is 0 Å². The summed E-state index contributed by atoms with van der Waals surface area (Å²) in [7, 11) is -2.84. The summed E-state index contributed by atoms with van der Waals surface area (Å²) in [6.45, 7) is 7.40. The molecule has 3 N–H and O–H groups in total. The molecule has 0 amide bonds. The van der Waals surface area contributed by atoms with Crippen molar-refractivity contribution in [3.63, 3.8) is 0 Å². The van der Waals surface area contributed by atoms with E-state index in [1.165, 1.54) is 5.56 Å². The zero-order valence-electron chi connectivity index (χ0n) is 19.3. The molecule has 2 aromatic carbocycles. The lowest BCUT2D eigenvalue weighted by atomic mass is 9.92. The standard InChI is InChI=1S/C25H27N5O3S.2H2/c1-15(2)34(31,32)21-9-7-17(8-10-21)22-14-27-16(3)23(28-22)25-30-29-24(33-25)19-6-4-5-18(11-19)20-12-26-13-20;;/h4-11,14-15,20,26,31-32H,12-13H2,1-3H3;2*1H. The predicted molar refractivity (Wildman–Crippen MR) is 137 cm³/mol. The zero-order valence-corrected chi connectivity index (χ0v) is 20.1. The number of benzene rings is 2. The highest BCUT2D eigenvalue weighted by molar-refractivity contribution is 8.24. The lowest BCUT2D eigenvalue weighted by molar-refractivity contribution is 0.448. The highest BCUT2D eigenvalue weighted by Gasteiger charge is 2.22. The highest BCUT2D eigenvalue weighted by atomic mass is 32.3. The molecule has 1 fully saturated rings. The molecule has 4 aromatic rings. The number of rotatable bonds is 6. The Morgan fingerprint density at radius 1 is 1.03 bits per heavy atom. The van der Waals surface area contributed by atoms with Crippen LogP contribution in [0.25, 0.3) is 34.3 Å². The van der Waals surface area contributed by atoms with Gasteiger partial charge in [0, 0.05) is 38.2 Å². The van der Waals surface area contributed by atoms with Crippen LogP contribution in [-0.4, -0.2) is 47.6 Å². The molecule has 0 bridgehead atoms. The van der Waals surface area contributed by atoms with Gasteiger partial charge >= 0.3 is 0 Å². The maximum absolute atomic E-state index is 10.4. The Kier molecular flexibility index (Phi) is 5.95. The van der Waals surface area contributed by atoms with E-state index in [1.54, 1.807) is 32.2 Å². The van der Waals surface area contributed by atoms with Gasteiger partial charge in [0.1, 0.15) is 5.69 Å². The first-order valence-corrected chi connectivity index (χ1v) is 12.8. The van der Waals surface area contributed by atoms with Gasteiger partial charge in [-0.2, -0.15) is 10.6 Å². The van der Waals surface area contributed by atoms with Gasteiger partial charge in [0.25, 0.3) is 5.89 Å². The van der Waals surface area contributed by atoms with Gasteiger partial charge < -0.3 is 9.73 Å². The summed E-state index contributed by atoms with van der Waals surface area (Å²) in [6, 6.07) is 15.3. The molecule has 34 heavy (non-hydrogen) atoms. The Labute approximate surface area is 202 Å². The second-order valence-corrected chi connectivity index (χ2v) is 11.3. The smallest absolute Gasteiger partial charge is 0.268 e. The Bertz CT molecular complexity index is 1330. The molecule has 0 spiro atoms. The van der Waals surface area contributed by atoms with Crippen LogP contribution in [0.15, 0.2) is 64.0 Å². The van der Waals surface area contributed by atoms with Crippen LogP contribution in [0, 0.1) is 6.92 Å². The van der Waals surface area contributed by atoms with Crippen molar-refractivity contribution in [3.05, 3.63) is 66.0 Å². The topological polar surface area (TPSA) is 117 Å². The summed E-state index contributed by atoms with van der Waals surface area (Å²) in [6.07, 6.45) is 1.68. The van der Waals surface area contributed by atoms with Crippen LogP contribution in [-0.2, 0) is 0 Å². The van der Waals surface area contributed by atoms with Gasteiger partial charge in [0.05, 0.1) is 22.5 Å². The Morgan fingerprint density at radius 3 is 2.44 bits per heavy atom. The minimum absolute atomic E-state index is 0. The van der Waals surface area contributed by atoms with Crippen LogP contribution in [0.5, 0.6) is 0 Å². The van der Waals surface area contributed by atoms with Gasteiger partial charge in [-0.15, -0.1) is 10.2 Å². The van der Waals surface area contributed by atoms with Gasteiger partial charge in [0.15, 0.2) is 0 Å². The van der Waals surface area contributed by atoms with E-state index < -0.39 is 10.6 Å². The number of hydrogen-bond acceptors (Lipinski definition) is 8. The second-order valence-electron chi connectivity index (χ2n) is 8.75. The van der Waals surface area contributed by atoms with Crippen molar-refractivity contribution < 1.29 is 16.4 Å². The minimum atomic E-state index is -2.84. The van der Waals surface area contributed by atoms with E-state index in [1.807, 2.05) is 31.2 Å². The first kappa shape index (κ1) is 22.7. The van der Waals surface area contributed by atoms with Crippen LogP contribution >= 0.6 is 10.6 Å². The second kappa shape index (κ2) is 8.92. The van der Waals surface area contributed by atoms with Gasteiger partial charge in [-0.1, -0.05) is 24.3 Å². The van der Waals surface area contributed by atoms with Crippen molar-refractivity contribution in [2.75, 3.05) is 13.1 Å². The van der Waals surface area contributed by atoms with E-state index in [2.05, 4.69) is 32.6 Å². The third kappa shape index (κ3) is 4.23. The quantitative estimate of drug-likeness (QED) is 0.313. The van der Waals surface area contributed by atoms with Gasteiger partial charge in [-0.25, -0.2) is 4.98 Å². The maximum Gasteiger partial charge on any atom is 0.268 e. The van der Waals surface area contributed by atoms with E-state index in [4.69, 9.17) is 9.40 Å². The molecule has 180 valence electrons. The molecule has 2 aromatic heterocycles. The van der Waals surface area contributed by atoms with Crippen LogP contribution in [0.4, 0.5) is 0 Å². The molecule has 5 rings (SSSR count). The molecule has 9 heteroatoms. The number of hydrogen-bond donors (Lipinski definition) is 3. The predicted octanol–water partition coefficient (Wildman–Crippen LogP) is 5.87. The number of nitrogens with zero attached hydrogens (tertiary/aromatic N) is 4. The Morgan fingerprint density at radius 2 is 1.76 bits per heavy atom. The zero-order chi connectivity index (χ0) is 23.9. The molecule has 3 heterocycles.